The molecule has 0 spiro atoms. The van der Waals surface area contributed by atoms with Gasteiger partial charge in [-0.05, 0) is 29.8 Å². The van der Waals surface area contributed by atoms with Crippen LogP contribution in [0, 0.1) is 11.6 Å². The first kappa shape index (κ1) is 14.2. The number of halogens is 2. The van der Waals surface area contributed by atoms with Gasteiger partial charge in [0.05, 0.1) is 5.69 Å². The molecule has 1 aromatic carbocycles. The third-order valence-electron chi connectivity index (χ3n) is 3.64. The predicted octanol–water partition coefficient (Wildman–Crippen LogP) is 2.78. The van der Waals surface area contributed by atoms with Crippen molar-refractivity contribution in [3.05, 3.63) is 53.4 Å². The van der Waals surface area contributed by atoms with Gasteiger partial charge in [0.2, 0.25) is 0 Å². The second-order valence-electron chi connectivity index (χ2n) is 5.02. The van der Waals surface area contributed by atoms with E-state index in [1.807, 2.05) is 0 Å². The van der Waals surface area contributed by atoms with Crippen molar-refractivity contribution < 1.29 is 8.78 Å². The SMILES string of the molecule is CNc1ccn2nc(C(C)c3cc(F)ccc3F)c(N)c2n1. The van der Waals surface area contributed by atoms with Crippen molar-refractivity contribution >= 4 is 17.2 Å². The summed E-state index contributed by atoms with van der Waals surface area (Å²) in [6.45, 7) is 1.73. The summed E-state index contributed by atoms with van der Waals surface area (Å²) in [7, 11) is 1.75. The van der Waals surface area contributed by atoms with E-state index < -0.39 is 17.6 Å². The molecule has 0 aliphatic heterocycles. The third-order valence-corrected chi connectivity index (χ3v) is 3.64. The van der Waals surface area contributed by atoms with Gasteiger partial charge in [-0.1, -0.05) is 6.92 Å². The minimum atomic E-state index is -0.499. The molecule has 0 saturated heterocycles. The van der Waals surface area contributed by atoms with E-state index in [9.17, 15) is 8.78 Å². The van der Waals surface area contributed by atoms with Crippen LogP contribution in [0.15, 0.2) is 30.5 Å². The van der Waals surface area contributed by atoms with Crippen LogP contribution < -0.4 is 11.1 Å². The van der Waals surface area contributed by atoms with Crippen molar-refractivity contribution in [3.8, 4) is 0 Å². The van der Waals surface area contributed by atoms with Gasteiger partial charge in [-0.3, -0.25) is 0 Å². The fourth-order valence-corrected chi connectivity index (χ4v) is 2.42. The maximum Gasteiger partial charge on any atom is 0.180 e. The molecule has 7 heteroatoms. The zero-order valence-corrected chi connectivity index (χ0v) is 12.1. The number of benzene rings is 1. The van der Waals surface area contributed by atoms with Gasteiger partial charge >= 0.3 is 0 Å². The summed E-state index contributed by atoms with van der Waals surface area (Å²) < 4.78 is 28.9. The van der Waals surface area contributed by atoms with Gasteiger partial charge in [-0.25, -0.2) is 18.3 Å². The van der Waals surface area contributed by atoms with Crippen LogP contribution in [-0.2, 0) is 0 Å². The summed E-state index contributed by atoms with van der Waals surface area (Å²) >= 11 is 0. The van der Waals surface area contributed by atoms with Crippen LogP contribution in [0.25, 0.3) is 5.65 Å². The second-order valence-corrected chi connectivity index (χ2v) is 5.02. The number of nitrogens with one attached hydrogen (secondary N) is 1. The monoisotopic (exact) mass is 303 g/mol. The first-order valence-electron chi connectivity index (χ1n) is 6.78. The predicted molar refractivity (Wildman–Crippen MR) is 80.8 cm³/mol. The molecule has 3 aromatic rings. The number of anilines is 2. The fourth-order valence-electron chi connectivity index (χ4n) is 2.42. The lowest BCUT2D eigenvalue weighted by Gasteiger charge is -2.11. The number of hydrogen-bond acceptors (Lipinski definition) is 4. The number of aromatic nitrogens is 3. The van der Waals surface area contributed by atoms with Gasteiger partial charge < -0.3 is 11.1 Å². The van der Waals surface area contributed by atoms with Crippen LogP contribution in [0.3, 0.4) is 0 Å². The summed E-state index contributed by atoms with van der Waals surface area (Å²) in [6, 6.07) is 5.09. The Morgan fingerprint density at radius 1 is 1.27 bits per heavy atom. The summed E-state index contributed by atoms with van der Waals surface area (Å²) in [5, 5.41) is 7.26. The molecule has 0 radical (unpaired) electrons. The molecule has 114 valence electrons. The third kappa shape index (κ3) is 2.24. The Labute approximate surface area is 125 Å². The van der Waals surface area contributed by atoms with E-state index in [1.54, 1.807) is 26.2 Å². The molecule has 1 unspecified atom stereocenters. The highest BCUT2D eigenvalue weighted by Gasteiger charge is 2.21. The van der Waals surface area contributed by atoms with Gasteiger partial charge in [0.15, 0.2) is 5.65 Å². The van der Waals surface area contributed by atoms with Crippen molar-refractivity contribution in [2.24, 2.45) is 0 Å². The van der Waals surface area contributed by atoms with E-state index in [1.165, 1.54) is 4.52 Å². The minimum Gasteiger partial charge on any atom is -0.394 e. The van der Waals surface area contributed by atoms with Crippen LogP contribution in [-0.4, -0.2) is 21.6 Å². The quantitative estimate of drug-likeness (QED) is 0.780. The van der Waals surface area contributed by atoms with Crippen LogP contribution >= 0.6 is 0 Å². The highest BCUT2D eigenvalue weighted by Crippen LogP contribution is 2.31. The Morgan fingerprint density at radius 3 is 2.77 bits per heavy atom. The number of fused-ring (bicyclic) bond motifs is 1. The van der Waals surface area contributed by atoms with E-state index in [2.05, 4.69) is 15.4 Å². The topological polar surface area (TPSA) is 68.2 Å². The van der Waals surface area contributed by atoms with E-state index in [-0.39, 0.29) is 5.56 Å². The van der Waals surface area contributed by atoms with Gasteiger partial charge in [0.25, 0.3) is 0 Å². The normalized spacial score (nSPS) is 12.5. The summed E-state index contributed by atoms with van der Waals surface area (Å²) in [4.78, 5) is 4.33. The average Bonchev–Trinajstić information content (AvgIpc) is 2.85. The Balaban J connectivity index is 2.13. The molecule has 2 heterocycles. The summed E-state index contributed by atoms with van der Waals surface area (Å²) in [5.74, 6) is -0.832. The average molecular weight is 303 g/mol. The molecule has 2 aromatic heterocycles. The summed E-state index contributed by atoms with van der Waals surface area (Å²) in [5.41, 5.74) is 7.61. The van der Waals surface area contributed by atoms with Crippen molar-refractivity contribution in [1.29, 1.82) is 0 Å². The van der Waals surface area contributed by atoms with E-state index in [0.717, 1.165) is 18.2 Å². The zero-order valence-electron chi connectivity index (χ0n) is 12.1. The van der Waals surface area contributed by atoms with Gasteiger partial charge in [-0.2, -0.15) is 5.10 Å². The largest absolute Gasteiger partial charge is 0.394 e. The highest BCUT2D eigenvalue weighted by atomic mass is 19.1. The summed E-state index contributed by atoms with van der Waals surface area (Å²) in [6.07, 6.45) is 1.71. The molecule has 1 atom stereocenters. The molecule has 0 saturated carbocycles. The Bertz CT molecular complexity index is 843. The molecular weight excluding hydrogens is 288 g/mol. The van der Waals surface area contributed by atoms with Crippen molar-refractivity contribution in [3.63, 3.8) is 0 Å². The first-order chi connectivity index (χ1) is 10.5. The van der Waals surface area contributed by atoms with Gasteiger partial charge in [0, 0.05) is 19.2 Å². The smallest absolute Gasteiger partial charge is 0.180 e. The van der Waals surface area contributed by atoms with E-state index in [4.69, 9.17) is 5.73 Å². The van der Waals surface area contributed by atoms with Gasteiger partial charge in [-0.15, -0.1) is 0 Å². The molecule has 0 aliphatic carbocycles. The molecule has 0 aliphatic rings. The maximum absolute atomic E-state index is 13.9. The Kier molecular flexibility index (Phi) is 3.40. The standard InChI is InChI=1S/C15H15F2N5/c1-8(10-7-9(16)3-4-11(10)17)14-13(18)15-20-12(19-2)5-6-22(15)21-14/h3-8H,18H2,1-2H3,(H,19,20). The lowest BCUT2D eigenvalue weighted by Crippen LogP contribution is -2.04. The highest BCUT2D eigenvalue weighted by molar-refractivity contribution is 5.70. The Hall–Kier alpha value is -2.70. The second kappa shape index (κ2) is 5.25. The van der Waals surface area contributed by atoms with Crippen LogP contribution in [0.2, 0.25) is 0 Å². The zero-order chi connectivity index (χ0) is 15.9. The molecule has 3 N–H and O–H groups in total. The number of nitrogens with zero attached hydrogens (tertiary/aromatic N) is 3. The number of rotatable bonds is 3. The van der Waals surface area contributed by atoms with E-state index in [0.29, 0.717) is 22.8 Å². The molecule has 5 nitrogen and oxygen atoms in total. The van der Waals surface area contributed by atoms with Crippen LogP contribution in [0.5, 0.6) is 0 Å². The fraction of sp³-hybridized carbons (Fsp3) is 0.200. The van der Waals surface area contributed by atoms with Crippen LogP contribution in [0.4, 0.5) is 20.3 Å². The molecule has 0 bridgehead atoms. The molecule has 22 heavy (non-hydrogen) atoms. The molecule has 0 amide bonds. The van der Waals surface area contributed by atoms with Crippen LogP contribution in [0.1, 0.15) is 24.1 Å². The molecular formula is C15H15F2N5. The molecule has 3 rings (SSSR count). The minimum absolute atomic E-state index is 0.212. The van der Waals surface area contributed by atoms with Gasteiger partial charge in [0.1, 0.15) is 23.1 Å². The first-order valence-corrected chi connectivity index (χ1v) is 6.78. The van der Waals surface area contributed by atoms with Crippen molar-refractivity contribution in [1.82, 2.24) is 14.6 Å². The number of nitrogens with two attached hydrogens (primary N) is 1. The molecule has 0 fully saturated rings. The Morgan fingerprint density at radius 2 is 2.05 bits per heavy atom. The number of hydrogen-bond donors (Lipinski definition) is 2. The van der Waals surface area contributed by atoms with Crippen molar-refractivity contribution in [2.75, 3.05) is 18.1 Å². The van der Waals surface area contributed by atoms with E-state index >= 15 is 0 Å². The lowest BCUT2D eigenvalue weighted by molar-refractivity contribution is 0.577. The maximum atomic E-state index is 13.9. The number of nitrogen functional groups attached to an aromatic ring is 1. The lowest BCUT2D eigenvalue weighted by atomic mass is 9.96. The van der Waals surface area contributed by atoms with Crippen molar-refractivity contribution in [2.45, 2.75) is 12.8 Å².